The summed E-state index contributed by atoms with van der Waals surface area (Å²) < 4.78 is 3.38. The number of nitrogens with zero attached hydrogens (tertiary/aromatic N) is 5. The Labute approximate surface area is 171 Å². The third-order valence-electron chi connectivity index (χ3n) is 5.32. The van der Waals surface area contributed by atoms with E-state index in [-0.39, 0.29) is 17.6 Å². The first-order valence-corrected chi connectivity index (χ1v) is 10.5. The van der Waals surface area contributed by atoms with E-state index in [0.29, 0.717) is 38.5 Å². The molecule has 1 unspecified atom stereocenters. The minimum atomic E-state index is -0.0234. The number of carbonyl (C=O) groups is 1. The lowest BCUT2D eigenvalue weighted by molar-refractivity contribution is -0.122. The number of aromatic nitrogens is 4. The Kier molecular flexibility index (Phi) is 7.19. The SMILES string of the molecule is CC(C)CCn1nc2n(c1=O)CCC(NC(=O)CN(C)Cc1ccncc1)CC2. The zero-order valence-electron chi connectivity index (χ0n) is 17.7. The smallest absolute Gasteiger partial charge is 0.345 e. The van der Waals surface area contributed by atoms with Gasteiger partial charge >= 0.3 is 5.69 Å². The van der Waals surface area contributed by atoms with Gasteiger partial charge < -0.3 is 5.32 Å². The van der Waals surface area contributed by atoms with Crippen molar-refractivity contribution in [3.63, 3.8) is 0 Å². The van der Waals surface area contributed by atoms with Gasteiger partial charge in [0.05, 0.1) is 6.54 Å². The van der Waals surface area contributed by atoms with E-state index in [9.17, 15) is 9.59 Å². The fourth-order valence-electron chi connectivity index (χ4n) is 3.67. The molecule has 0 radical (unpaired) electrons. The topological polar surface area (TPSA) is 85.0 Å². The minimum absolute atomic E-state index is 0.0143. The Morgan fingerprint density at radius 1 is 1.31 bits per heavy atom. The third-order valence-corrected chi connectivity index (χ3v) is 5.32. The average molecular weight is 401 g/mol. The zero-order valence-corrected chi connectivity index (χ0v) is 17.7. The second-order valence-corrected chi connectivity index (χ2v) is 8.38. The van der Waals surface area contributed by atoms with E-state index in [0.717, 1.165) is 30.7 Å². The normalized spacial score (nSPS) is 16.7. The average Bonchev–Trinajstić information content (AvgIpc) is 2.83. The summed E-state index contributed by atoms with van der Waals surface area (Å²) in [6, 6.07) is 3.98. The quantitative estimate of drug-likeness (QED) is 0.725. The number of fused-ring (bicyclic) bond motifs is 1. The van der Waals surface area contributed by atoms with Gasteiger partial charge in [0.25, 0.3) is 0 Å². The summed E-state index contributed by atoms with van der Waals surface area (Å²) in [4.78, 5) is 31.0. The van der Waals surface area contributed by atoms with Crippen LogP contribution in [0.15, 0.2) is 29.3 Å². The highest BCUT2D eigenvalue weighted by molar-refractivity contribution is 5.78. The molecule has 0 aliphatic carbocycles. The van der Waals surface area contributed by atoms with E-state index < -0.39 is 0 Å². The molecule has 3 rings (SSSR count). The van der Waals surface area contributed by atoms with Crippen LogP contribution >= 0.6 is 0 Å². The van der Waals surface area contributed by atoms with Crippen LogP contribution in [-0.2, 0) is 30.8 Å². The van der Waals surface area contributed by atoms with Crippen molar-refractivity contribution in [3.05, 3.63) is 46.4 Å². The summed E-state index contributed by atoms with van der Waals surface area (Å²) in [6.45, 7) is 6.60. The third kappa shape index (κ3) is 6.00. The number of rotatable bonds is 8. The molecule has 8 heteroatoms. The van der Waals surface area contributed by atoms with Gasteiger partial charge in [0.15, 0.2) is 0 Å². The van der Waals surface area contributed by atoms with E-state index in [1.165, 1.54) is 0 Å². The second kappa shape index (κ2) is 9.82. The van der Waals surface area contributed by atoms with E-state index >= 15 is 0 Å². The van der Waals surface area contributed by atoms with Crippen LogP contribution in [0.5, 0.6) is 0 Å². The molecule has 0 saturated heterocycles. The van der Waals surface area contributed by atoms with Gasteiger partial charge in [-0.2, -0.15) is 5.10 Å². The Hall–Kier alpha value is -2.48. The molecule has 1 aliphatic heterocycles. The fraction of sp³-hybridized carbons (Fsp3) is 0.619. The summed E-state index contributed by atoms with van der Waals surface area (Å²) >= 11 is 0. The molecule has 0 bridgehead atoms. The van der Waals surface area contributed by atoms with Gasteiger partial charge in [-0.05, 0) is 49.9 Å². The van der Waals surface area contributed by atoms with Crippen LogP contribution in [0.1, 0.15) is 44.5 Å². The highest BCUT2D eigenvalue weighted by atomic mass is 16.2. The standard InChI is InChI=1S/C21H32N6O2/c1-16(2)8-13-27-21(29)26-12-9-18(4-5-19(26)24-27)23-20(28)15-25(3)14-17-6-10-22-11-7-17/h6-7,10-11,16,18H,4-5,8-9,12-15H2,1-3H3,(H,23,28). The number of nitrogens with one attached hydrogen (secondary N) is 1. The van der Waals surface area contributed by atoms with Crippen LogP contribution in [-0.4, -0.2) is 49.8 Å². The van der Waals surface area contributed by atoms with Crippen molar-refractivity contribution in [2.24, 2.45) is 5.92 Å². The van der Waals surface area contributed by atoms with Gasteiger partial charge in [-0.3, -0.25) is 19.2 Å². The van der Waals surface area contributed by atoms with Crippen LogP contribution in [0.3, 0.4) is 0 Å². The van der Waals surface area contributed by atoms with Crippen LogP contribution < -0.4 is 11.0 Å². The van der Waals surface area contributed by atoms with E-state index in [4.69, 9.17) is 0 Å². The lowest BCUT2D eigenvalue weighted by Gasteiger charge is -2.20. The number of hydrogen-bond donors (Lipinski definition) is 1. The number of amides is 1. The van der Waals surface area contributed by atoms with Gasteiger partial charge in [-0.25, -0.2) is 9.48 Å². The van der Waals surface area contributed by atoms with Crippen LogP contribution in [0, 0.1) is 5.92 Å². The molecule has 1 N–H and O–H groups in total. The number of pyridine rings is 1. The lowest BCUT2D eigenvalue weighted by Crippen LogP contribution is -2.41. The summed E-state index contributed by atoms with van der Waals surface area (Å²) in [5.74, 6) is 1.39. The van der Waals surface area contributed by atoms with Gasteiger partial charge in [0.1, 0.15) is 5.82 Å². The maximum absolute atomic E-state index is 12.6. The molecule has 8 nitrogen and oxygen atoms in total. The molecule has 2 aromatic rings. The molecule has 1 atom stereocenters. The first-order valence-electron chi connectivity index (χ1n) is 10.5. The van der Waals surface area contributed by atoms with Crippen molar-refractivity contribution in [2.45, 2.75) is 65.2 Å². The van der Waals surface area contributed by atoms with Crippen molar-refractivity contribution in [2.75, 3.05) is 13.6 Å². The molecule has 0 fully saturated rings. The minimum Gasteiger partial charge on any atom is -0.352 e. The Morgan fingerprint density at radius 3 is 2.79 bits per heavy atom. The summed E-state index contributed by atoms with van der Waals surface area (Å²) in [6.07, 6.45) is 6.73. The predicted octanol–water partition coefficient (Wildman–Crippen LogP) is 1.44. The number of aryl methyl sites for hydroxylation is 2. The van der Waals surface area contributed by atoms with Crippen molar-refractivity contribution in [1.29, 1.82) is 0 Å². The summed E-state index contributed by atoms with van der Waals surface area (Å²) in [7, 11) is 1.93. The Bertz CT molecular complexity index is 858. The molecule has 29 heavy (non-hydrogen) atoms. The van der Waals surface area contributed by atoms with E-state index in [1.807, 2.05) is 24.1 Å². The molecule has 1 amide bonds. The zero-order chi connectivity index (χ0) is 20.8. The Balaban J connectivity index is 1.49. The highest BCUT2D eigenvalue weighted by Gasteiger charge is 2.22. The number of carbonyl (C=O) groups excluding carboxylic acids is 1. The number of likely N-dealkylation sites (N-methyl/N-ethyl adjacent to an activating group) is 1. The second-order valence-electron chi connectivity index (χ2n) is 8.38. The van der Waals surface area contributed by atoms with Crippen LogP contribution in [0.25, 0.3) is 0 Å². The first kappa shape index (κ1) is 21.2. The molecule has 0 spiro atoms. The molecule has 0 aromatic carbocycles. The first-order chi connectivity index (χ1) is 13.9. The molecule has 3 heterocycles. The van der Waals surface area contributed by atoms with Crippen molar-refractivity contribution >= 4 is 5.91 Å². The maximum atomic E-state index is 12.6. The summed E-state index contributed by atoms with van der Waals surface area (Å²) in [5, 5.41) is 7.66. The molecular weight excluding hydrogens is 368 g/mol. The summed E-state index contributed by atoms with van der Waals surface area (Å²) in [5.41, 5.74) is 1.11. The van der Waals surface area contributed by atoms with Gasteiger partial charge in [-0.15, -0.1) is 0 Å². The number of hydrogen-bond acceptors (Lipinski definition) is 5. The van der Waals surface area contributed by atoms with Crippen molar-refractivity contribution < 1.29 is 4.79 Å². The van der Waals surface area contributed by atoms with Crippen LogP contribution in [0.4, 0.5) is 0 Å². The highest BCUT2D eigenvalue weighted by Crippen LogP contribution is 2.12. The van der Waals surface area contributed by atoms with Crippen LogP contribution in [0.2, 0.25) is 0 Å². The van der Waals surface area contributed by atoms with Crippen molar-refractivity contribution in [3.8, 4) is 0 Å². The lowest BCUT2D eigenvalue weighted by atomic mass is 10.1. The molecule has 2 aromatic heterocycles. The van der Waals surface area contributed by atoms with E-state index in [2.05, 4.69) is 29.2 Å². The predicted molar refractivity (Wildman–Crippen MR) is 111 cm³/mol. The van der Waals surface area contributed by atoms with Crippen molar-refractivity contribution in [1.82, 2.24) is 29.5 Å². The largest absolute Gasteiger partial charge is 0.352 e. The fourth-order valence-corrected chi connectivity index (χ4v) is 3.67. The Morgan fingerprint density at radius 2 is 2.07 bits per heavy atom. The van der Waals surface area contributed by atoms with Gasteiger partial charge in [0.2, 0.25) is 5.91 Å². The van der Waals surface area contributed by atoms with Gasteiger partial charge in [-0.1, -0.05) is 13.8 Å². The molecular formula is C21H32N6O2. The monoisotopic (exact) mass is 400 g/mol. The molecule has 158 valence electrons. The van der Waals surface area contributed by atoms with Gasteiger partial charge in [0, 0.05) is 44.5 Å². The molecule has 0 saturated carbocycles. The maximum Gasteiger partial charge on any atom is 0.345 e. The van der Waals surface area contributed by atoms with E-state index in [1.54, 1.807) is 21.6 Å². The molecule has 1 aliphatic rings.